The van der Waals surface area contributed by atoms with Crippen molar-refractivity contribution in [3.05, 3.63) is 28.2 Å². The summed E-state index contributed by atoms with van der Waals surface area (Å²) in [4.78, 5) is 14.2. The first-order valence-corrected chi connectivity index (χ1v) is 7.48. The zero-order chi connectivity index (χ0) is 13.4. The van der Waals surface area contributed by atoms with Crippen molar-refractivity contribution in [2.24, 2.45) is 0 Å². The summed E-state index contributed by atoms with van der Waals surface area (Å²) >= 11 is 3.57. The third-order valence-corrected chi connectivity index (χ3v) is 4.78. The topological polar surface area (TPSA) is 44.1 Å². The third kappa shape index (κ3) is 2.28. The second kappa shape index (κ2) is 4.97. The number of piperidine rings is 2. The Balaban J connectivity index is 1.97. The molecule has 0 saturated carbocycles. The summed E-state index contributed by atoms with van der Waals surface area (Å²) in [5.74, 6) is 0.399. The van der Waals surface area contributed by atoms with Crippen LogP contribution < -0.4 is 4.90 Å². The highest BCUT2D eigenvalue weighted by Gasteiger charge is 2.38. The molecule has 0 spiro atoms. The van der Waals surface area contributed by atoms with Crippen molar-refractivity contribution in [2.45, 2.75) is 44.2 Å². The molecule has 0 aromatic heterocycles. The van der Waals surface area contributed by atoms with Crippen LogP contribution in [0.15, 0.2) is 22.7 Å². The molecule has 19 heavy (non-hydrogen) atoms. The molecular formula is C15H15BrN2O. The Bertz CT molecular complexity index is 548. The molecule has 2 aliphatic rings. The zero-order valence-corrected chi connectivity index (χ0v) is 12.2. The van der Waals surface area contributed by atoms with Gasteiger partial charge < -0.3 is 4.90 Å². The summed E-state index contributed by atoms with van der Waals surface area (Å²) < 4.78 is 0.956. The van der Waals surface area contributed by atoms with Crippen molar-refractivity contribution in [2.75, 3.05) is 4.90 Å². The number of nitriles is 1. The fourth-order valence-corrected chi connectivity index (χ4v) is 3.94. The Morgan fingerprint density at radius 3 is 2.53 bits per heavy atom. The van der Waals surface area contributed by atoms with Gasteiger partial charge in [0.1, 0.15) is 5.78 Å². The molecule has 3 rings (SSSR count). The van der Waals surface area contributed by atoms with Gasteiger partial charge in [-0.15, -0.1) is 0 Å². The van der Waals surface area contributed by atoms with Gasteiger partial charge in [0.2, 0.25) is 0 Å². The van der Waals surface area contributed by atoms with E-state index in [1.807, 2.05) is 18.2 Å². The number of benzene rings is 1. The number of ketones is 1. The number of nitrogens with zero attached hydrogens (tertiary/aromatic N) is 2. The smallest absolute Gasteiger partial charge is 0.137 e. The highest BCUT2D eigenvalue weighted by molar-refractivity contribution is 9.10. The van der Waals surface area contributed by atoms with E-state index in [0.29, 0.717) is 36.3 Å². The van der Waals surface area contributed by atoms with Gasteiger partial charge >= 0.3 is 0 Å². The molecule has 2 bridgehead atoms. The molecule has 2 fully saturated rings. The molecule has 2 saturated heterocycles. The molecule has 3 nitrogen and oxygen atoms in total. The number of fused-ring (bicyclic) bond motifs is 2. The average Bonchev–Trinajstić information content (AvgIpc) is 2.38. The SMILES string of the molecule is N#Cc1ccc(N2C3CCCC2CC(=O)C3)c(Br)c1. The predicted molar refractivity (Wildman–Crippen MR) is 77.0 cm³/mol. The summed E-state index contributed by atoms with van der Waals surface area (Å²) in [5, 5.41) is 8.93. The van der Waals surface area contributed by atoms with E-state index in [9.17, 15) is 4.79 Å². The Hall–Kier alpha value is -1.34. The molecule has 2 unspecified atom stereocenters. The average molecular weight is 319 g/mol. The molecule has 1 aromatic carbocycles. The number of anilines is 1. The van der Waals surface area contributed by atoms with E-state index in [1.165, 1.54) is 6.42 Å². The van der Waals surface area contributed by atoms with Crippen LogP contribution in [0.3, 0.4) is 0 Å². The molecule has 2 heterocycles. The summed E-state index contributed by atoms with van der Waals surface area (Å²) in [5.41, 5.74) is 1.79. The van der Waals surface area contributed by atoms with Crippen LogP contribution in [-0.4, -0.2) is 17.9 Å². The van der Waals surface area contributed by atoms with Gasteiger partial charge in [-0.1, -0.05) is 0 Å². The van der Waals surface area contributed by atoms with Gasteiger partial charge in [-0.2, -0.15) is 5.26 Å². The number of Topliss-reactive ketones (excluding diaryl/α,β-unsaturated/α-hetero) is 1. The van der Waals surface area contributed by atoms with E-state index < -0.39 is 0 Å². The second-order valence-electron chi connectivity index (χ2n) is 5.37. The van der Waals surface area contributed by atoms with Gasteiger partial charge in [-0.25, -0.2) is 0 Å². The minimum absolute atomic E-state index is 0.337. The van der Waals surface area contributed by atoms with Crippen LogP contribution in [0.4, 0.5) is 5.69 Å². The lowest BCUT2D eigenvalue weighted by Crippen LogP contribution is -2.52. The molecular weight excluding hydrogens is 304 g/mol. The van der Waals surface area contributed by atoms with E-state index in [4.69, 9.17) is 5.26 Å². The van der Waals surface area contributed by atoms with Crippen LogP contribution >= 0.6 is 15.9 Å². The van der Waals surface area contributed by atoms with Crippen molar-refractivity contribution in [1.29, 1.82) is 5.26 Å². The maximum atomic E-state index is 11.8. The molecule has 0 N–H and O–H groups in total. The van der Waals surface area contributed by atoms with E-state index >= 15 is 0 Å². The molecule has 0 radical (unpaired) electrons. The maximum absolute atomic E-state index is 11.8. The van der Waals surface area contributed by atoms with Crippen LogP contribution in [0.1, 0.15) is 37.7 Å². The van der Waals surface area contributed by atoms with Crippen LogP contribution in [-0.2, 0) is 4.79 Å². The van der Waals surface area contributed by atoms with E-state index in [0.717, 1.165) is 23.0 Å². The first-order valence-electron chi connectivity index (χ1n) is 6.68. The Morgan fingerprint density at radius 2 is 1.95 bits per heavy atom. The van der Waals surface area contributed by atoms with Crippen molar-refractivity contribution in [3.8, 4) is 6.07 Å². The van der Waals surface area contributed by atoms with Crippen LogP contribution in [0.5, 0.6) is 0 Å². The van der Waals surface area contributed by atoms with E-state index in [2.05, 4.69) is 26.9 Å². The first-order chi connectivity index (χ1) is 9.19. The first kappa shape index (κ1) is 12.7. The molecule has 1 aromatic rings. The number of hydrogen-bond acceptors (Lipinski definition) is 3. The molecule has 98 valence electrons. The van der Waals surface area contributed by atoms with Gasteiger partial charge in [0.25, 0.3) is 0 Å². The van der Waals surface area contributed by atoms with Crippen molar-refractivity contribution < 1.29 is 4.79 Å². The lowest BCUT2D eigenvalue weighted by molar-refractivity contribution is -0.121. The minimum Gasteiger partial charge on any atom is -0.364 e. The van der Waals surface area contributed by atoms with Crippen molar-refractivity contribution in [3.63, 3.8) is 0 Å². The summed E-state index contributed by atoms with van der Waals surface area (Å²) in [6, 6.07) is 8.55. The van der Waals surface area contributed by atoms with Gasteiger partial charge in [-0.05, 0) is 53.4 Å². The normalized spacial score (nSPS) is 26.1. The Kier molecular flexibility index (Phi) is 3.32. The largest absolute Gasteiger partial charge is 0.364 e. The molecule has 4 heteroatoms. The quantitative estimate of drug-likeness (QED) is 0.797. The highest BCUT2D eigenvalue weighted by atomic mass is 79.9. The second-order valence-corrected chi connectivity index (χ2v) is 6.23. The van der Waals surface area contributed by atoms with Gasteiger partial charge in [-0.3, -0.25) is 4.79 Å². The fourth-order valence-electron chi connectivity index (χ4n) is 3.35. The number of carbonyl (C=O) groups is 1. The number of carbonyl (C=O) groups excluding carboxylic acids is 1. The lowest BCUT2D eigenvalue weighted by Gasteiger charge is -2.47. The molecule has 0 amide bonds. The maximum Gasteiger partial charge on any atom is 0.137 e. The summed E-state index contributed by atoms with van der Waals surface area (Å²) in [6.07, 6.45) is 4.74. The monoisotopic (exact) mass is 318 g/mol. The highest BCUT2D eigenvalue weighted by Crippen LogP contribution is 2.39. The summed E-state index contributed by atoms with van der Waals surface area (Å²) in [7, 11) is 0. The number of hydrogen-bond donors (Lipinski definition) is 0. The van der Waals surface area contributed by atoms with Gasteiger partial charge in [0, 0.05) is 29.4 Å². The van der Waals surface area contributed by atoms with Crippen LogP contribution in [0.25, 0.3) is 0 Å². The fraction of sp³-hybridized carbons (Fsp3) is 0.467. The standard InChI is InChI=1S/C15H15BrN2O/c16-14-6-10(9-17)4-5-15(14)18-11-2-1-3-12(18)8-13(19)7-11/h4-6,11-12H,1-3,7-8H2. The molecule has 0 aliphatic carbocycles. The van der Waals surface area contributed by atoms with Gasteiger partial charge in [0.05, 0.1) is 17.3 Å². The number of rotatable bonds is 1. The molecule has 2 aliphatic heterocycles. The van der Waals surface area contributed by atoms with E-state index in [-0.39, 0.29) is 0 Å². The van der Waals surface area contributed by atoms with Crippen molar-refractivity contribution in [1.82, 2.24) is 0 Å². The molecule has 2 atom stereocenters. The zero-order valence-electron chi connectivity index (χ0n) is 10.6. The number of halogens is 1. The predicted octanol–water partition coefficient (Wildman–Crippen LogP) is 3.41. The van der Waals surface area contributed by atoms with Crippen LogP contribution in [0, 0.1) is 11.3 Å². The van der Waals surface area contributed by atoms with Gasteiger partial charge in [0.15, 0.2) is 0 Å². The van der Waals surface area contributed by atoms with Crippen molar-refractivity contribution >= 4 is 27.4 Å². The Labute approximate surface area is 121 Å². The lowest BCUT2D eigenvalue weighted by atomic mass is 9.83. The minimum atomic E-state index is 0.337. The van der Waals surface area contributed by atoms with E-state index in [1.54, 1.807) is 0 Å². The van der Waals surface area contributed by atoms with Crippen LogP contribution in [0.2, 0.25) is 0 Å². The summed E-state index contributed by atoms with van der Waals surface area (Å²) in [6.45, 7) is 0. The third-order valence-electron chi connectivity index (χ3n) is 4.14. The Morgan fingerprint density at radius 1 is 1.26 bits per heavy atom.